The zero-order valence-electron chi connectivity index (χ0n) is 8.08. The molecule has 0 unspecified atom stereocenters. The van der Waals surface area contributed by atoms with E-state index in [9.17, 15) is 9.90 Å². The summed E-state index contributed by atoms with van der Waals surface area (Å²) >= 11 is 6.34. The molecule has 4 fully saturated rings. The molecule has 4 aliphatic rings. The van der Waals surface area contributed by atoms with Crippen molar-refractivity contribution in [2.75, 3.05) is 0 Å². The first-order valence-electron chi connectivity index (χ1n) is 5.48. The highest BCUT2D eigenvalue weighted by Gasteiger charge is 2.58. The normalized spacial score (nSPS) is 54.9. The van der Waals surface area contributed by atoms with Gasteiger partial charge in [0.1, 0.15) is 0 Å². The predicted molar refractivity (Wildman–Crippen MR) is 53.3 cm³/mol. The first kappa shape index (κ1) is 9.02. The van der Waals surface area contributed by atoms with Crippen LogP contribution >= 0.6 is 11.6 Å². The van der Waals surface area contributed by atoms with Crippen molar-refractivity contribution in [1.82, 2.24) is 0 Å². The summed E-state index contributed by atoms with van der Waals surface area (Å²) in [5.41, 5.74) is -0.387. The van der Waals surface area contributed by atoms with Crippen molar-refractivity contribution in [2.24, 2.45) is 23.2 Å². The largest absolute Gasteiger partial charge is 0.481 e. The third-order valence-electron chi connectivity index (χ3n) is 4.61. The van der Waals surface area contributed by atoms with Crippen LogP contribution in [0.3, 0.4) is 0 Å². The molecule has 78 valence electrons. The average Bonchev–Trinajstić information content (AvgIpc) is 2.12. The van der Waals surface area contributed by atoms with Crippen molar-refractivity contribution >= 4 is 17.6 Å². The second kappa shape index (κ2) is 2.66. The van der Waals surface area contributed by atoms with Crippen LogP contribution in [0.4, 0.5) is 0 Å². The summed E-state index contributed by atoms with van der Waals surface area (Å²) in [5, 5.41) is 9.58. The van der Waals surface area contributed by atoms with Gasteiger partial charge in [0, 0.05) is 5.38 Å². The third-order valence-corrected chi connectivity index (χ3v) is 5.32. The van der Waals surface area contributed by atoms with Crippen molar-refractivity contribution < 1.29 is 9.90 Å². The summed E-state index contributed by atoms with van der Waals surface area (Å²) < 4.78 is 0. The van der Waals surface area contributed by atoms with Gasteiger partial charge in [-0.05, 0) is 49.9 Å². The molecule has 1 N–H and O–H groups in total. The molecule has 3 heteroatoms. The Morgan fingerprint density at radius 3 is 2.29 bits per heavy atom. The minimum Gasteiger partial charge on any atom is -0.481 e. The van der Waals surface area contributed by atoms with Gasteiger partial charge in [-0.3, -0.25) is 4.79 Å². The highest BCUT2D eigenvalue weighted by Crippen LogP contribution is 2.61. The van der Waals surface area contributed by atoms with E-state index in [0.29, 0.717) is 17.8 Å². The van der Waals surface area contributed by atoms with Crippen LogP contribution in [0.15, 0.2) is 0 Å². The molecular weight excluding hydrogens is 200 g/mol. The van der Waals surface area contributed by atoms with Crippen LogP contribution in [-0.2, 0) is 4.79 Å². The van der Waals surface area contributed by atoms with E-state index in [1.165, 1.54) is 12.8 Å². The molecular formula is C11H15ClO2. The van der Waals surface area contributed by atoms with Crippen LogP contribution in [0, 0.1) is 23.2 Å². The monoisotopic (exact) mass is 214 g/mol. The lowest BCUT2D eigenvalue weighted by atomic mass is 9.49. The average molecular weight is 215 g/mol. The molecule has 0 aromatic heterocycles. The fourth-order valence-corrected chi connectivity index (χ4v) is 4.61. The molecule has 2 nitrogen and oxygen atoms in total. The molecule has 0 aromatic rings. The van der Waals surface area contributed by atoms with E-state index in [1.807, 2.05) is 0 Å². The first-order chi connectivity index (χ1) is 6.61. The summed E-state index contributed by atoms with van der Waals surface area (Å²) in [4.78, 5) is 11.3. The van der Waals surface area contributed by atoms with E-state index < -0.39 is 5.97 Å². The molecule has 0 aliphatic heterocycles. The Hall–Kier alpha value is -0.240. The molecule has 0 saturated heterocycles. The molecule has 4 rings (SSSR count). The lowest BCUT2D eigenvalue weighted by Gasteiger charge is -2.56. The molecule has 4 bridgehead atoms. The van der Waals surface area contributed by atoms with Crippen molar-refractivity contribution in [3.8, 4) is 0 Å². The molecule has 0 amide bonds. The van der Waals surface area contributed by atoms with Crippen LogP contribution < -0.4 is 0 Å². The van der Waals surface area contributed by atoms with Gasteiger partial charge in [0.15, 0.2) is 0 Å². The predicted octanol–water partition coefficient (Wildman–Crippen LogP) is 2.50. The first-order valence-corrected chi connectivity index (χ1v) is 5.92. The minimum atomic E-state index is -0.569. The van der Waals surface area contributed by atoms with Crippen LogP contribution in [0.1, 0.15) is 32.1 Å². The Bertz CT molecular complexity index is 273. The topological polar surface area (TPSA) is 37.3 Å². The number of hydrogen-bond donors (Lipinski definition) is 1. The number of alkyl halides is 1. The van der Waals surface area contributed by atoms with Crippen molar-refractivity contribution in [3.63, 3.8) is 0 Å². The molecule has 2 atom stereocenters. The molecule has 14 heavy (non-hydrogen) atoms. The lowest BCUT2D eigenvalue weighted by molar-refractivity contribution is -0.164. The maximum atomic E-state index is 11.3. The Labute approximate surface area is 88.6 Å². The third kappa shape index (κ3) is 1.01. The van der Waals surface area contributed by atoms with Crippen molar-refractivity contribution in [1.29, 1.82) is 0 Å². The van der Waals surface area contributed by atoms with Gasteiger partial charge in [-0.1, -0.05) is 0 Å². The maximum Gasteiger partial charge on any atom is 0.309 e. The Balaban J connectivity index is 1.96. The van der Waals surface area contributed by atoms with Gasteiger partial charge in [-0.2, -0.15) is 0 Å². The smallest absolute Gasteiger partial charge is 0.309 e. The zero-order valence-corrected chi connectivity index (χ0v) is 8.83. The molecule has 0 aromatic carbocycles. The van der Waals surface area contributed by atoms with Crippen LogP contribution in [-0.4, -0.2) is 16.5 Å². The molecule has 0 radical (unpaired) electrons. The summed E-state index contributed by atoms with van der Waals surface area (Å²) in [7, 11) is 0. The Kier molecular flexibility index (Phi) is 1.71. The van der Waals surface area contributed by atoms with Gasteiger partial charge in [0.05, 0.1) is 5.41 Å². The number of aliphatic carboxylic acids is 1. The summed E-state index contributed by atoms with van der Waals surface area (Å²) in [6, 6.07) is 0. The highest BCUT2D eigenvalue weighted by molar-refractivity contribution is 6.21. The van der Waals surface area contributed by atoms with Gasteiger partial charge in [0.2, 0.25) is 0 Å². The van der Waals surface area contributed by atoms with Gasteiger partial charge >= 0.3 is 5.97 Å². The highest BCUT2D eigenvalue weighted by atomic mass is 35.5. The van der Waals surface area contributed by atoms with Gasteiger partial charge in [-0.25, -0.2) is 0 Å². The second-order valence-corrected chi connectivity index (χ2v) is 6.00. The number of hydrogen-bond acceptors (Lipinski definition) is 1. The minimum absolute atomic E-state index is 0.263. The SMILES string of the molecule is O=C(O)C12CC3C[C@@H](C1)C(Cl)[C@@H](C3)C2. The molecule has 0 spiro atoms. The van der Waals surface area contributed by atoms with E-state index in [0.717, 1.165) is 19.3 Å². The van der Waals surface area contributed by atoms with E-state index >= 15 is 0 Å². The number of carboxylic acid groups (broad SMARTS) is 1. The van der Waals surface area contributed by atoms with Crippen LogP contribution in [0.2, 0.25) is 0 Å². The Morgan fingerprint density at radius 1 is 1.21 bits per heavy atom. The molecule has 0 heterocycles. The Morgan fingerprint density at radius 2 is 1.79 bits per heavy atom. The van der Waals surface area contributed by atoms with Gasteiger partial charge < -0.3 is 5.11 Å². The number of carbonyl (C=O) groups is 1. The summed E-state index contributed by atoms with van der Waals surface area (Å²) in [6.45, 7) is 0. The van der Waals surface area contributed by atoms with Crippen molar-refractivity contribution in [3.05, 3.63) is 0 Å². The summed E-state index contributed by atoms with van der Waals surface area (Å²) in [5.74, 6) is 1.05. The van der Waals surface area contributed by atoms with Gasteiger partial charge in [0.25, 0.3) is 0 Å². The zero-order chi connectivity index (χ0) is 9.92. The van der Waals surface area contributed by atoms with E-state index in [2.05, 4.69) is 0 Å². The van der Waals surface area contributed by atoms with E-state index in [4.69, 9.17) is 11.6 Å². The quantitative estimate of drug-likeness (QED) is 0.681. The number of halogens is 1. The fraction of sp³-hybridized carbons (Fsp3) is 0.909. The number of carboxylic acids is 1. The van der Waals surface area contributed by atoms with E-state index in [-0.39, 0.29) is 10.8 Å². The van der Waals surface area contributed by atoms with Gasteiger partial charge in [-0.15, -0.1) is 11.6 Å². The van der Waals surface area contributed by atoms with Crippen LogP contribution in [0.25, 0.3) is 0 Å². The fourth-order valence-electron chi connectivity index (χ4n) is 4.22. The number of rotatable bonds is 1. The van der Waals surface area contributed by atoms with Crippen molar-refractivity contribution in [2.45, 2.75) is 37.5 Å². The molecule has 4 aliphatic carbocycles. The standard InChI is InChI=1S/C11H15ClO2/c12-9-7-1-6-2-8(9)5-11(3-6,4-7)10(13)14/h6-9H,1-5H2,(H,13,14)/t6?,7-,8-,9?,11?/m0/s1. The summed E-state index contributed by atoms with van der Waals surface area (Å²) in [6.07, 6.45) is 4.95. The maximum absolute atomic E-state index is 11.3. The lowest BCUT2D eigenvalue weighted by Crippen LogP contribution is -2.54. The molecule has 4 saturated carbocycles. The second-order valence-electron chi connectivity index (χ2n) is 5.50. The van der Waals surface area contributed by atoms with Crippen LogP contribution in [0.5, 0.6) is 0 Å². The van der Waals surface area contributed by atoms with E-state index in [1.54, 1.807) is 0 Å².